The summed E-state index contributed by atoms with van der Waals surface area (Å²) in [7, 11) is 0. The molecule has 0 spiro atoms. The standard InChI is InChI=1S/C18H17Cl2N3OS/c19-14-4-3-5-15(16(14)20)22-18(25)21-13-8-6-12(7-9-13)17(24)23-10-1-2-11-23/h3-9H,1-2,10-11H2,(H2,21,22,25). The summed E-state index contributed by atoms with van der Waals surface area (Å²) >= 11 is 17.4. The smallest absolute Gasteiger partial charge is 0.253 e. The Hall–Kier alpha value is -1.82. The van der Waals surface area contributed by atoms with Gasteiger partial charge in [0.2, 0.25) is 0 Å². The van der Waals surface area contributed by atoms with Crippen molar-refractivity contribution in [3.63, 3.8) is 0 Å². The van der Waals surface area contributed by atoms with Gasteiger partial charge in [-0.15, -0.1) is 0 Å². The monoisotopic (exact) mass is 393 g/mol. The Bertz CT molecular complexity index is 789. The van der Waals surface area contributed by atoms with Crippen molar-refractivity contribution in [2.45, 2.75) is 12.8 Å². The van der Waals surface area contributed by atoms with Crippen LogP contribution in [0.3, 0.4) is 0 Å². The Labute approximate surface area is 162 Å². The van der Waals surface area contributed by atoms with E-state index in [0.717, 1.165) is 31.6 Å². The number of nitrogens with one attached hydrogen (secondary N) is 2. The molecule has 0 bridgehead atoms. The van der Waals surface area contributed by atoms with E-state index in [9.17, 15) is 4.79 Å². The molecular formula is C18H17Cl2N3OS. The maximum Gasteiger partial charge on any atom is 0.253 e. The van der Waals surface area contributed by atoms with E-state index in [1.54, 1.807) is 30.3 Å². The highest BCUT2D eigenvalue weighted by molar-refractivity contribution is 7.80. The Morgan fingerprint density at radius 1 is 1.00 bits per heavy atom. The normalized spacial score (nSPS) is 13.6. The maximum atomic E-state index is 12.3. The summed E-state index contributed by atoms with van der Waals surface area (Å²) < 4.78 is 0. The minimum absolute atomic E-state index is 0.0791. The van der Waals surface area contributed by atoms with Crippen LogP contribution in [-0.2, 0) is 0 Å². The molecule has 0 unspecified atom stereocenters. The maximum absolute atomic E-state index is 12.3. The lowest BCUT2D eigenvalue weighted by atomic mass is 10.2. The van der Waals surface area contributed by atoms with Crippen molar-refractivity contribution in [1.29, 1.82) is 0 Å². The van der Waals surface area contributed by atoms with Crippen molar-refractivity contribution in [1.82, 2.24) is 4.90 Å². The van der Waals surface area contributed by atoms with Gasteiger partial charge in [0, 0.05) is 24.3 Å². The molecular weight excluding hydrogens is 377 g/mol. The van der Waals surface area contributed by atoms with Crippen LogP contribution < -0.4 is 10.6 Å². The van der Waals surface area contributed by atoms with Gasteiger partial charge in [-0.2, -0.15) is 0 Å². The van der Waals surface area contributed by atoms with Crippen LogP contribution in [0.2, 0.25) is 10.0 Å². The quantitative estimate of drug-likeness (QED) is 0.716. The van der Waals surface area contributed by atoms with Crippen LogP contribution in [0.1, 0.15) is 23.2 Å². The van der Waals surface area contributed by atoms with Gasteiger partial charge in [0.15, 0.2) is 5.11 Å². The fourth-order valence-electron chi connectivity index (χ4n) is 2.68. The molecule has 1 aliphatic rings. The van der Waals surface area contributed by atoms with Crippen molar-refractivity contribution >= 4 is 57.8 Å². The number of benzene rings is 2. The Kier molecular flexibility index (Phi) is 5.78. The molecule has 0 aliphatic carbocycles. The highest BCUT2D eigenvalue weighted by Crippen LogP contribution is 2.29. The first-order chi connectivity index (χ1) is 12.0. The van der Waals surface area contributed by atoms with E-state index < -0.39 is 0 Å². The molecule has 0 atom stereocenters. The molecule has 1 fully saturated rings. The first kappa shape index (κ1) is 18.0. The minimum Gasteiger partial charge on any atom is -0.339 e. The Morgan fingerprint density at radius 3 is 2.36 bits per heavy atom. The zero-order valence-electron chi connectivity index (χ0n) is 13.4. The lowest BCUT2D eigenvalue weighted by Gasteiger charge is -2.16. The number of carbonyl (C=O) groups excluding carboxylic acids is 1. The van der Waals surface area contributed by atoms with Crippen molar-refractivity contribution in [3.05, 3.63) is 58.1 Å². The summed E-state index contributed by atoms with van der Waals surface area (Å²) in [5.41, 5.74) is 2.10. The topological polar surface area (TPSA) is 44.4 Å². The summed E-state index contributed by atoms with van der Waals surface area (Å²) in [4.78, 5) is 14.2. The van der Waals surface area contributed by atoms with Crippen LogP contribution >= 0.6 is 35.4 Å². The molecule has 2 aromatic rings. The van der Waals surface area contributed by atoms with Gasteiger partial charge in [0.1, 0.15) is 0 Å². The molecule has 0 saturated carbocycles. The van der Waals surface area contributed by atoms with Crippen LogP contribution in [0.15, 0.2) is 42.5 Å². The average Bonchev–Trinajstić information content (AvgIpc) is 3.13. The van der Waals surface area contributed by atoms with E-state index >= 15 is 0 Å². The van der Waals surface area contributed by atoms with Gasteiger partial charge in [0.25, 0.3) is 5.91 Å². The molecule has 7 heteroatoms. The third-order valence-corrected chi connectivity index (χ3v) is 5.01. The molecule has 1 heterocycles. The van der Waals surface area contributed by atoms with Crippen molar-refractivity contribution in [2.75, 3.05) is 23.7 Å². The van der Waals surface area contributed by atoms with E-state index in [1.165, 1.54) is 0 Å². The van der Waals surface area contributed by atoms with E-state index in [2.05, 4.69) is 10.6 Å². The number of carbonyl (C=O) groups is 1. The fraction of sp³-hybridized carbons (Fsp3) is 0.222. The van der Waals surface area contributed by atoms with Gasteiger partial charge in [-0.1, -0.05) is 29.3 Å². The van der Waals surface area contributed by atoms with Gasteiger partial charge in [0.05, 0.1) is 15.7 Å². The second-order valence-electron chi connectivity index (χ2n) is 5.76. The molecule has 25 heavy (non-hydrogen) atoms. The van der Waals surface area contributed by atoms with Gasteiger partial charge >= 0.3 is 0 Å². The van der Waals surface area contributed by atoms with Gasteiger partial charge in [-0.25, -0.2) is 0 Å². The van der Waals surface area contributed by atoms with Gasteiger partial charge in [-0.3, -0.25) is 4.79 Å². The number of rotatable bonds is 3. The predicted molar refractivity (Wildman–Crippen MR) is 108 cm³/mol. The SMILES string of the molecule is O=C(c1ccc(NC(=S)Nc2cccc(Cl)c2Cl)cc1)N1CCCC1. The van der Waals surface area contributed by atoms with Crippen LogP contribution in [-0.4, -0.2) is 29.0 Å². The molecule has 0 radical (unpaired) electrons. The van der Waals surface area contributed by atoms with Crippen molar-refractivity contribution in [2.24, 2.45) is 0 Å². The largest absolute Gasteiger partial charge is 0.339 e. The van der Waals surface area contributed by atoms with Crippen LogP contribution in [0, 0.1) is 0 Å². The van der Waals surface area contributed by atoms with Gasteiger partial charge < -0.3 is 15.5 Å². The van der Waals surface area contributed by atoms with Crippen molar-refractivity contribution < 1.29 is 4.79 Å². The van der Waals surface area contributed by atoms with E-state index in [4.69, 9.17) is 35.4 Å². The highest BCUT2D eigenvalue weighted by Gasteiger charge is 2.19. The molecule has 2 N–H and O–H groups in total. The molecule has 4 nitrogen and oxygen atoms in total. The lowest BCUT2D eigenvalue weighted by molar-refractivity contribution is 0.0793. The fourth-order valence-corrected chi connectivity index (χ4v) is 3.26. The predicted octanol–water partition coefficient (Wildman–Crippen LogP) is 5.04. The second kappa shape index (κ2) is 8.04. The Balaban J connectivity index is 1.62. The zero-order chi connectivity index (χ0) is 17.8. The van der Waals surface area contributed by atoms with E-state index in [1.807, 2.05) is 17.0 Å². The van der Waals surface area contributed by atoms with E-state index in [-0.39, 0.29) is 5.91 Å². The van der Waals surface area contributed by atoms with Crippen LogP contribution in [0.4, 0.5) is 11.4 Å². The molecule has 1 saturated heterocycles. The zero-order valence-corrected chi connectivity index (χ0v) is 15.7. The van der Waals surface area contributed by atoms with Gasteiger partial charge in [-0.05, 0) is 61.5 Å². The summed E-state index contributed by atoms with van der Waals surface area (Å²) in [6.07, 6.45) is 2.16. The first-order valence-electron chi connectivity index (χ1n) is 7.96. The number of hydrogen-bond donors (Lipinski definition) is 2. The third kappa shape index (κ3) is 4.42. The number of hydrogen-bond acceptors (Lipinski definition) is 2. The molecule has 3 rings (SSSR count). The minimum atomic E-state index is 0.0791. The molecule has 1 amide bonds. The molecule has 130 valence electrons. The number of amides is 1. The highest BCUT2D eigenvalue weighted by atomic mass is 35.5. The number of anilines is 2. The second-order valence-corrected chi connectivity index (χ2v) is 6.95. The Morgan fingerprint density at radius 2 is 1.68 bits per heavy atom. The number of halogens is 2. The summed E-state index contributed by atoms with van der Waals surface area (Å²) in [6.45, 7) is 1.68. The van der Waals surface area contributed by atoms with E-state index in [0.29, 0.717) is 26.4 Å². The molecule has 0 aromatic heterocycles. The summed E-state index contributed by atoms with van der Waals surface area (Å²) in [6, 6.07) is 12.6. The number of likely N-dealkylation sites (tertiary alicyclic amines) is 1. The van der Waals surface area contributed by atoms with Crippen LogP contribution in [0.25, 0.3) is 0 Å². The number of nitrogens with zero attached hydrogens (tertiary/aromatic N) is 1. The number of thiocarbonyl (C=S) groups is 1. The summed E-state index contributed by atoms with van der Waals surface area (Å²) in [5, 5.41) is 7.34. The first-order valence-corrected chi connectivity index (χ1v) is 9.12. The average molecular weight is 394 g/mol. The van der Waals surface area contributed by atoms with Crippen molar-refractivity contribution in [3.8, 4) is 0 Å². The molecule has 1 aliphatic heterocycles. The third-order valence-electron chi connectivity index (χ3n) is 3.98. The lowest BCUT2D eigenvalue weighted by Crippen LogP contribution is -2.27. The van der Waals surface area contributed by atoms with Crippen LogP contribution in [0.5, 0.6) is 0 Å². The summed E-state index contributed by atoms with van der Waals surface area (Å²) in [5.74, 6) is 0.0791. The molecule has 2 aromatic carbocycles.